The zero-order valence-electron chi connectivity index (χ0n) is 15.5. The Balaban J connectivity index is 2.44. The number of ether oxygens (including phenoxy) is 2. The predicted molar refractivity (Wildman–Crippen MR) is 96.6 cm³/mol. The van der Waals surface area contributed by atoms with E-state index in [1.807, 2.05) is 30.3 Å². The lowest BCUT2D eigenvalue weighted by molar-refractivity contribution is -0.149. The summed E-state index contributed by atoms with van der Waals surface area (Å²) in [6.07, 6.45) is 0.494. The van der Waals surface area contributed by atoms with E-state index in [2.05, 4.69) is 18.7 Å². The molecule has 1 aliphatic heterocycles. The fourth-order valence-electron chi connectivity index (χ4n) is 3.41. The summed E-state index contributed by atoms with van der Waals surface area (Å²) in [6.45, 7) is 7.70. The first-order valence-electron chi connectivity index (χ1n) is 8.80. The number of rotatable bonds is 5. The fourth-order valence-corrected chi connectivity index (χ4v) is 3.41. The van der Waals surface area contributed by atoms with Crippen molar-refractivity contribution in [2.45, 2.75) is 45.2 Å². The number of hydrogen-bond donors (Lipinski definition) is 0. The molecular formula is C19H28N2O4. The van der Waals surface area contributed by atoms with E-state index in [1.54, 1.807) is 6.92 Å². The third-order valence-corrected chi connectivity index (χ3v) is 4.81. The van der Waals surface area contributed by atoms with Gasteiger partial charge in [0.05, 0.1) is 13.7 Å². The van der Waals surface area contributed by atoms with E-state index in [0.717, 1.165) is 13.1 Å². The van der Waals surface area contributed by atoms with Crippen LogP contribution in [0.4, 0.5) is 10.5 Å². The molecule has 1 heterocycles. The smallest absolute Gasteiger partial charge is 0.415 e. The highest BCUT2D eigenvalue weighted by Crippen LogP contribution is 2.35. The highest BCUT2D eigenvalue weighted by Gasteiger charge is 2.51. The fraction of sp³-hybridized carbons (Fsp3) is 0.579. The van der Waals surface area contributed by atoms with Crippen LogP contribution in [0.5, 0.6) is 0 Å². The molecular weight excluding hydrogens is 320 g/mol. The van der Waals surface area contributed by atoms with Crippen molar-refractivity contribution in [1.82, 2.24) is 4.90 Å². The van der Waals surface area contributed by atoms with Crippen LogP contribution in [0.3, 0.4) is 0 Å². The van der Waals surface area contributed by atoms with Gasteiger partial charge in [-0.3, -0.25) is 4.90 Å². The van der Waals surface area contributed by atoms with Gasteiger partial charge < -0.3 is 14.4 Å². The second-order valence-electron chi connectivity index (χ2n) is 6.52. The topological polar surface area (TPSA) is 59.1 Å². The Hall–Kier alpha value is -2.08. The Bertz CT molecular complexity index is 580. The van der Waals surface area contributed by atoms with Gasteiger partial charge in [-0.1, -0.05) is 18.2 Å². The molecule has 0 bridgehead atoms. The van der Waals surface area contributed by atoms with Gasteiger partial charge in [-0.15, -0.1) is 0 Å². The number of piperidine rings is 1. The SMILES string of the molecule is CCOC(=O)N(c1ccccc1)C1(C(=O)OC)CCN(C(C)C)CC1. The number of methoxy groups -OCH3 is 1. The largest absolute Gasteiger partial charge is 0.467 e. The van der Waals surface area contributed by atoms with Crippen LogP contribution in [0.15, 0.2) is 30.3 Å². The normalized spacial score (nSPS) is 17.2. The summed E-state index contributed by atoms with van der Waals surface area (Å²) in [5.41, 5.74) is -0.405. The maximum Gasteiger partial charge on any atom is 0.415 e. The third kappa shape index (κ3) is 3.95. The Morgan fingerprint density at radius 2 is 1.80 bits per heavy atom. The van der Waals surface area contributed by atoms with E-state index in [0.29, 0.717) is 24.6 Å². The molecule has 0 spiro atoms. The first kappa shape index (κ1) is 19.2. The minimum atomic E-state index is -1.05. The van der Waals surface area contributed by atoms with E-state index in [9.17, 15) is 9.59 Å². The number of likely N-dealkylation sites (tertiary alicyclic amines) is 1. The molecule has 0 unspecified atom stereocenters. The Labute approximate surface area is 149 Å². The summed E-state index contributed by atoms with van der Waals surface area (Å²) in [5.74, 6) is -0.396. The second kappa shape index (κ2) is 8.34. The molecule has 6 nitrogen and oxygen atoms in total. The molecule has 1 aromatic rings. The van der Waals surface area contributed by atoms with E-state index < -0.39 is 17.6 Å². The first-order chi connectivity index (χ1) is 12.0. The summed E-state index contributed by atoms with van der Waals surface area (Å²) in [6, 6.07) is 9.58. The zero-order chi connectivity index (χ0) is 18.4. The van der Waals surface area contributed by atoms with E-state index in [-0.39, 0.29) is 6.61 Å². The van der Waals surface area contributed by atoms with Crippen LogP contribution in [-0.2, 0) is 14.3 Å². The second-order valence-corrected chi connectivity index (χ2v) is 6.52. The molecule has 0 aliphatic carbocycles. The Morgan fingerprint density at radius 3 is 2.28 bits per heavy atom. The molecule has 0 atom stereocenters. The van der Waals surface area contributed by atoms with Crippen LogP contribution in [0.25, 0.3) is 0 Å². The minimum Gasteiger partial charge on any atom is -0.467 e. The van der Waals surface area contributed by atoms with Crippen molar-refractivity contribution >= 4 is 17.7 Å². The lowest BCUT2D eigenvalue weighted by Gasteiger charge is -2.46. The molecule has 1 aromatic carbocycles. The molecule has 1 saturated heterocycles. The van der Waals surface area contributed by atoms with Gasteiger partial charge in [0.2, 0.25) is 0 Å². The lowest BCUT2D eigenvalue weighted by atomic mass is 9.84. The van der Waals surface area contributed by atoms with Crippen molar-refractivity contribution in [3.63, 3.8) is 0 Å². The lowest BCUT2D eigenvalue weighted by Crippen LogP contribution is -2.63. The predicted octanol–water partition coefficient (Wildman–Crippen LogP) is 3.07. The molecule has 2 rings (SSSR count). The summed E-state index contributed by atoms with van der Waals surface area (Å²) < 4.78 is 10.4. The van der Waals surface area contributed by atoms with Gasteiger partial charge >= 0.3 is 12.1 Å². The zero-order valence-corrected chi connectivity index (χ0v) is 15.5. The van der Waals surface area contributed by atoms with E-state index in [1.165, 1.54) is 12.0 Å². The molecule has 138 valence electrons. The highest BCUT2D eigenvalue weighted by atomic mass is 16.6. The maximum absolute atomic E-state index is 12.8. The van der Waals surface area contributed by atoms with Crippen molar-refractivity contribution in [2.75, 3.05) is 31.7 Å². The van der Waals surface area contributed by atoms with Crippen LogP contribution in [0, 0.1) is 0 Å². The number of benzene rings is 1. The van der Waals surface area contributed by atoms with Crippen LogP contribution in [-0.4, -0.2) is 55.3 Å². The highest BCUT2D eigenvalue weighted by molar-refractivity contribution is 5.99. The molecule has 6 heteroatoms. The quantitative estimate of drug-likeness (QED) is 0.766. The summed E-state index contributed by atoms with van der Waals surface area (Å²) in [5, 5.41) is 0. The standard InChI is InChI=1S/C19H28N2O4/c1-5-25-18(23)21(16-9-7-6-8-10-16)19(17(22)24-4)11-13-20(14-12-19)15(2)3/h6-10,15H,5,11-14H2,1-4H3. The maximum atomic E-state index is 12.8. The van der Waals surface area contributed by atoms with Crippen LogP contribution >= 0.6 is 0 Å². The average molecular weight is 348 g/mol. The number of hydrogen-bond acceptors (Lipinski definition) is 5. The van der Waals surface area contributed by atoms with Crippen molar-refractivity contribution in [2.24, 2.45) is 0 Å². The van der Waals surface area contributed by atoms with Crippen molar-refractivity contribution in [3.05, 3.63) is 30.3 Å². The molecule has 1 aliphatic rings. The number of carbonyl (C=O) groups is 2. The number of carbonyl (C=O) groups excluding carboxylic acids is 2. The number of anilines is 1. The molecule has 25 heavy (non-hydrogen) atoms. The number of para-hydroxylation sites is 1. The van der Waals surface area contributed by atoms with Gasteiger partial charge in [-0.25, -0.2) is 9.59 Å². The van der Waals surface area contributed by atoms with Crippen LogP contribution < -0.4 is 4.90 Å². The van der Waals surface area contributed by atoms with E-state index >= 15 is 0 Å². The molecule has 0 saturated carbocycles. The van der Waals surface area contributed by atoms with Gasteiger partial charge in [0, 0.05) is 24.8 Å². The van der Waals surface area contributed by atoms with Crippen molar-refractivity contribution < 1.29 is 19.1 Å². The molecule has 1 amide bonds. The molecule has 0 aromatic heterocycles. The molecule has 0 N–H and O–H groups in total. The number of nitrogens with zero attached hydrogens (tertiary/aromatic N) is 2. The van der Waals surface area contributed by atoms with Gasteiger partial charge in [-0.05, 0) is 45.7 Å². The Morgan fingerprint density at radius 1 is 1.20 bits per heavy atom. The van der Waals surface area contributed by atoms with Gasteiger partial charge in [0.1, 0.15) is 0 Å². The summed E-state index contributed by atoms with van der Waals surface area (Å²) in [4.78, 5) is 29.4. The molecule has 0 radical (unpaired) electrons. The van der Waals surface area contributed by atoms with Crippen molar-refractivity contribution in [1.29, 1.82) is 0 Å². The Kier molecular flexibility index (Phi) is 6.42. The third-order valence-electron chi connectivity index (χ3n) is 4.81. The van der Waals surface area contributed by atoms with Crippen LogP contribution in [0.1, 0.15) is 33.6 Å². The van der Waals surface area contributed by atoms with Gasteiger partial charge in [0.25, 0.3) is 0 Å². The van der Waals surface area contributed by atoms with Gasteiger partial charge in [0.15, 0.2) is 5.54 Å². The minimum absolute atomic E-state index is 0.248. The first-order valence-corrected chi connectivity index (χ1v) is 8.80. The number of esters is 1. The van der Waals surface area contributed by atoms with Gasteiger partial charge in [-0.2, -0.15) is 0 Å². The monoisotopic (exact) mass is 348 g/mol. The molecule has 1 fully saturated rings. The summed E-state index contributed by atoms with van der Waals surface area (Å²) >= 11 is 0. The van der Waals surface area contributed by atoms with E-state index in [4.69, 9.17) is 9.47 Å². The van der Waals surface area contributed by atoms with Crippen molar-refractivity contribution in [3.8, 4) is 0 Å². The average Bonchev–Trinajstić information content (AvgIpc) is 2.62. The number of amides is 1. The summed E-state index contributed by atoms with van der Waals surface area (Å²) in [7, 11) is 1.37. The van der Waals surface area contributed by atoms with Crippen LogP contribution in [0.2, 0.25) is 0 Å².